The molecule has 1 aromatic rings. The Morgan fingerprint density at radius 2 is 2.33 bits per heavy atom. The number of nitrogens with one attached hydrogen (secondary N) is 1. The number of nitrogen functional groups attached to an aromatic ring is 1. The van der Waals surface area contributed by atoms with Gasteiger partial charge in [0.1, 0.15) is 11.6 Å². The van der Waals surface area contributed by atoms with E-state index in [0.29, 0.717) is 5.82 Å². The second-order valence-corrected chi connectivity index (χ2v) is 5.32. The van der Waals surface area contributed by atoms with Crippen molar-refractivity contribution in [2.24, 2.45) is 0 Å². The van der Waals surface area contributed by atoms with Gasteiger partial charge in [0.05, 0.1) is 17.1 Å². The van der Waals surface area contributed by atoms with Crippen LogP contribution in [0.25, 0.3) is 0 Å². The van der Waals surface area contributed by atoms with Crippen molar-refractivity contribution in [3.05, 3.63) is 22.2 Å². The quantitative estimate of drug-likeness (QED) is 0.449. The lowest BCUT2D eigenvalue weighted by Crippen LogP contribution is -2.17. The first kappa shape index (κ1) is 14.6. The molecule has 3 N–H and O–H groups in total. The minimum atomic E-state index is -0.471. The molecule has 0 fully saturated rings. The summed E-state index contributed by atoms with van der Waals surface area (Å²) < 4.78 is 0. The molecule has 0 amide bonds. The van der Waals surface area contributed by atoms with Gasteiger partial charge < -0.3 is 11.1 Å². The van der Waals surface area contributed by atoms with E-state index in [1.807, 2.05) is 18.7 Å². The molecule has 0 aromatic carbocycles. The zero-order valence-corrected chi connectivity index (χ0v) is 11.4. The number of anilines is 2. The smallest absolute Gasteiger partial charge is 0.276 e. The van der Waals surface area contributed by atoms with Gasteiger partial charge in [0.25, 0.3) is 5.69 Å². The van der Waals surface area contributed by atoms with Crippen molar-refractivity contribution < 1.29 is 4.92 Å². The average molecular weight is 270 g/mol. The van der Waals surface area contributed by atoms with Gasteiger partial charge in [-0.05, 0) is 24.9 Å². The van der Waals surface area contributed by atoms with E-state index in [2.05, 4.69) is 17.2 Å². The minimum absolute atomic E-state index is 0.0415. The van der Waals surface area contributed by atoms with Crippen LogP contribution in [-0.4, -0.2) is 27.5 Å². The Morgan fingerprint density at radius 3 is 2.94 bits per heavy atom. The molecule has 1 heterocycles. The zero-order chi connectivity index (χ0) is 13.5. The van der Waals surface area contributed by atoms with E-state index in [9.17, 15) is 10.1 Å². The van der Waals surface area contributed by atoms with Crippen molar-refractivity contribution >= 4 is 29.1 Å². The van der Waals surface area contributed by atoms with Crippen molar-refractivity contribution in [2.45, 2.75) is 26.3 Å². The first-order valence-electron chi connectivity index (χ1n) is 5.79. The van der Waals surface area contributed by atoms with E-state index in [1.165, 1.54) is 12.1 Å². The molecule has 0 aliphatic carbocycles. The highest BCUT2D eigenvalue weighted by Crippen LogP contribution is 2.19. The second kappa shape index (κ2) is 7.05. The Kier molecular flexibility index (Phi) is 5.70. The van der Waals surface area contributed by atoms with Crippen molar-refractivity contribution in [1.82, 2.24) is 4.98 Å². The molecule has 6 nitrogen and oxygen atoms in total. The maximum absolute atomic E-state index is 10.7. The van der Waals surface area contributed by atoms with Crippen LogP contribution >= 0.6 is 11.8 Å². The van der Waals surface area contributed by atoms with Crippen LogP contribution in [0.4, 0.5) is 17.3 Å². The monoisotopic (exact) mass is 270 g/mol. The largest absolute Gasteiger partial charge is 0.383 e. The van der Waals surface area contributed by atoms with Crippen LogP contribution in [0.15, 0.2) is 12.1 Å². The molecule has 0 saturated carbocycles. The molecule has 100 valence electrons. The molecule has 1 rings (SSSR count). The van der Waals surface area contributed by atoms with Gasteiger partial charge in [0.2, 0.25) is 0 Å². The number of nitro groups is 1. The summed E-state index contributed by atoms with van der Waals surface area (Å²) in [7, 11) is 0. The topological polar surface area (TPSA) is 94.1 Å². The van der Waals surface area contributed by atoms with E-state index < -0.39 is 4.92 Å². The van der Waals surface area contributed by atoms with Crippen molar-refractivity contribution in [2.75, 3.05) is 22.6 Å². The lowest BCUT2D eigenvalue weighted by atomic mass is 10.2. The Morgan fingerprint density at radius 1 is 1.61 bits per heavy atom. The first-order chi connectivity index (χ1) is 8.52. The Balaban J connectivity index is 2.63. The first-order valence-corrected chi connectivity index (χ1v) is 6.94. The lowest BCUT2D eigenvalue weighted by molar-refractivity contribution is -0.384. The third-order valence-electron chi connectivity index (χ3n) is 2.33. The van der Waals surface area contributed by atoms with Crippen LogP contribution in [0.2, 0.25) is 0 Å². The van der Waals surface area contributed by atoms with Crippen molar-refractivity contribution in [3.63, 3.8) is 0 Å². The molecule has 0 saturated heterocycles. The summed E-state index contributed by atoms with van der Waals surface area (Å²) in [6, 6.07) is 2.86. The molecule has 1 atom stereocenters. The predicted octanol–water partition coefficient (Wildman–Crippen LogP) is 2.52. The maximum Gasteiger partial charge on any atom is 0.276 e. The number of nitrogens with zero attached hydrogens (tertiary/aromatic N) is 2. The number of thioether (sulfide) groups is 1. The standard InChI is InChI=1S/C11H18N4O2S/c1-3-18-5-4-8(2)13-11-7-9(15(16)17)6-10(12)14-11/h6-8H,3-5H2,1-2H3,(H3,12,13,14). The molecular weight excluding hydrogens is 252 g/mol. The summed E-state index contributed by atoms with van der Waals surface area (Å²) >= 11 is 1.86. The summed E-state index contributed by atoms with van der Waals surface area (Å²) in [5.74, 6) is 2.75. The highest BCUT2D eigenvalue weighted by molar-refractivity contribution is 7.99. The Bertz CT molecular complexity index is 414. The number of pyridine rings is 1. The molecule has 0 radical (unpaired) electrons. The van der Waals surface area contributed by atoms with Gasteiger partial charge in [0, 0.05) is 6.04 Å². The van der Waals surface area contributed by atoms with Gasteiger partial charge in [-0.3, -0.25) is 10.1 Å². The van der Waals surface area contributed by atoms with Crippen LogP contribution in [0.3, 0.4) is 0 Å². The van der Waals surface area contributed by atoms with Crippen LogP contribution < -0.4 is 11.1 Å². The normalized spacial score (nSPS) is 12.1. The number of nitrogens with two attached hydrogens (primary N) is 1. The SMILES string of the molecule is CCSCCC(C)Nc1cc([N+](=O)[O-])cc(N)n1. The van der Waals surface area contributed by atoms with E-state index in [4.69, 9.17) is 5.73 Å². The molecule has 18 heavy (non-hydrogen) atoms. The Hall–Kier alpha value is -1.50. The molecule has 0 bridgehead atoms. The third kappa shape index (κ3) is 4.79. The Labute approximate surface area is 111 Å². The summed E-state index contributed by atoms with van der Waals surface area (Å²) in [4.78, 5) is 14.3. The van der Waals surface area contributed by atoms with E-state index in [-0.39, 0.29) is 17.5 Å². The summed E-state index contributed by atoms with van der Waals surface area (Å²) in [6.45, 7) is 4.14. The zero-order valence-electron chi connectivity index (χ0n) is 10.5. The second-order valence-electron chi connectivity index (χ2n) is 3.92. The molecule has 1 unspecified atom stereocenters. The van der Waals surface area contributed by atoms with Crippen molar-refractivity contribution in [1.29, 1.82) is 0 Å². The van der Waals surface area contributed by atoms with E-state index in [0.717, 1.165) is 17.9 Å². The molecule has 0 spiro atoms. The van der Waals surface area contributed by atoms with Gasteiger partial charge in [-0.1, -0.05) is 6.92 Å². The minimum Gasteiger partial charge on any atom is -0.383 e. The van der Waals surface area contributed by atoms with Crippen LogP contribution in [0.5, 0.6) is 0 Å². The number of aromatic nitrogens is 1. The van der Waals surface area contributed by atoms with Crippen LogP contribution in [-0.2, 0) is 0 Å². The fourth-order valence-corrected chi connectivity index (χ4v) is 2.25. The molecule has 7 heteroatoms. The van der Waals surface area contributed by atoms with Crippen LogP contribution in [0, 0.1) is 10.1 Å². The highest BCUT2D eigenvalue weighted by atomic mass is 32.2. The summed E-state index contributed by atoms with van der Waals surface area (Å²) in [5, 5.41) is 13.8. The van der Waals surface area contributed by atoms with Gasteiger partial charge in [-0.2, -0.15) is 11.8 Å². The number of hydrogen-bond acceptors (Lipinski definition) is 6. The fraction of sp³-hybridized carbons (Fsp3) is 0.545. The predicted molar refractivity (Wildman–Crippen MR) is 76.0 cm³/mol. The molecule has 1 aromatic heterocycles. The fourth-order valence-electron chi connectivity index (χ4n) is 1.45. The number of rotatable bonds is 7. The summed E-state index contributed by atoms with van der Waals surface area (Å²) in [6.07, 6.45) is 0.975. The summed E-state index contributed by atoms with van der Waals surface area (Å²) in [5.41, 5.74) is 5.49. The molecule has 0 aliphatic heterocycles. The van der Waals surface area contributed by atoms with Crippen LogP contribution in [0.1, 0.15) is 20.3 Å². The highest BCUT2D eigenvalue weighted by Gasteiger charge is 2.11. The number of hydrogen-bond donors (Lipinski definition) is 2. The van der Waals surface area contributed by atoms with Gasteiger partial charge >= 0.3 is 0 Å². The van der Waals surface area contributed by atoms with E-state index >= 15 is 0 Å². The van der Waals surface area contributed by atoms with Gasteiger partial charge in [0.15, 0.2) is 0 Å². The molecule has 0 aliphatic rings. The lowest BCUT2D eigenvalue weighted by Gasteiger charge is -2.14. The van der Waals surface area contributed by atoms with Gasteiger partial charge in [-0.15, -0.1) is 0 Å². The maximum atomic E-state index is 10.7. The van der Waals surface area contributed by atoms with E-state index in [1.54, 1.807) is 0 Å². The molecular formula is C11H18N4O2S. The van der Waals surface area contributed by atoms with Gasteiger partial charge in [-0.25, -0.2) is 4.98 Å². The van der Waals surface area contributed by atoms with Crippen molar-refractivity contribution in [3.8, 4) is 0 Å². The third-order valence-corrected chi connectivity index (χ3v) is 3.27. The average Bonchev–Trinajstić information content (AvgIpc) is 2.28.